The first-order valence-corrected chi connectivity index (χ1v) is 12.6. The number of benzene rings is 3. The lowest BCUT2D eigenvalue weighted by molar-refractivity contribution is -0.136. The molecule has 0 aliphatic rings. The third-order valence-electron chi connectivity index (χ3n) is 4.74. The van der Waals surface area contributed by atoms with Crippen LogP contribution >= 0.6 is 45.8 Å². The minimum Gasteiger partial charge on any atom is -0.497 e. The number of hydrogen-bond donors (Lipinski definition) is 3. The van der Waals surface area contributed by atoms with E-state index < -0.39 is 17.7 Å². The largest absolute Gasteiger partial charge is 0.497 e. The fraction of sp³-hybridized carbons (Fsp3) is 0.120. The summed E-state index contributed by atoms with van der Waals surface area (Å²) in [7, 11) is 2.93. The fourth-order valence-corrected chi connectivity index (χ4v) is 4.11. The standard InChI is InChI=1S/C25H21Cl2IN4O6/c1-36-16-6-3-5-15(11-16)30-24(34)25(35)32-29-12-14-9-18(28)23(20(10-14)37-2)38-13-21(33)31-19-8-4-7-17(26)22(19)27/h3-12H,13H2,1-2H3,(H,30,34)(H,31,33)(H,32,35)/b29-12-. The highest BCUT2D eigenvalue weighted by atomic mass is 127. The molecule has 13 heteroatoms. The number of hydrogen-bond acceptors (Lipinski definition) is 7. The van der Waals surface area contributed by atoms with E-state index in [2.05, 4.69) is 21.2 Å². The molecule has 38 heavy (non-hydrogen) atoms. The van der Waals surface area contributed by atoms with Crippen LogP contribution < -0.4 is 30.3 Å². The topological polar surface area (TPSA) is 127 Å². The van der Waals surface area contributed by atoms with Crippen LogP contribution in [0.2, 0.25) is 10.0 Å². The highest BCUT2D eigenvalue weighted by Crippen LogP contribution is 2.34. The fourth-order valence-electron chi connectivity index (χ4n) is 2.98. The van der Waals surface area contributed by atoms with Gasteiger partial charge in [0.25, 0.3) is 5.91 Å². The molecule has 3 amide bonds. The highest BCUT2D eigenvalue weighted by molar-refractivity contribution is 14.1. The summed E-state index contributed by atoms with van der Waals surface area (Å²) in [6.07, 6.45) is 1.33. The van der Waals surface area contributed by atoms with E-state index in [4.69, 9.17) is 37.4 Å². The van der Waals surface area contributed by atoms with Gasteiger partial charge >= 0.3 is 11.8 Å². The van der Waals surface area contributed by atoms with E-state index in [1.165, 1.54) is 20.4 Å². The Hall–Kier alpha value is -3.55. The van der Waals surface area contributed by atoms with Crippen molar-refractivity contribution in [1.29, 1.82) is 0 Å². The molecule has 0 saturated heterocycles. The van der Waals surface area contributed by atoms with Crippen molar-refractivity contribution in [3.05, 3.63) is 73.8 Å². The van der Waals surface area contributed by atoms with Gasteiger partial charge < -0.3 is 24.8 Å². The first-order valence-electron chi connectivity index (χ1n) is 10.7. The molecule has 3 aromatic carbocycles. The van der Waals surface area contributed by atoms with Crippen LogP contribution in [0.1, 0.15) is 5.56 Å². The summed E-state index contributed by atoms with van der Waals surface area (Å²) in [6.45, 7) is -0.318. The molecule has 0 unspecified atom stereocenters. The molecule has 0 atom stereocenters. The zero-order chi connectivity index (χ0) is 27.7. The average molecular weight is 671 g/mol. The molecule has 3 rings (SSSR count). The van der Waals surface area contributed by atoms with Crippen LogP contribution in [0.3, 0.4) is 0 Å². The van der Waals surface area contributed by atoms with Gasteiger partial charge in [0.05, 0.1) is 39.7 Å². The van der Waals surface area contributed by atoms with Crippen molar-refractivity contribution in [1.82, 2.24) is 5.43 Å². The SMILES string of the molecule is COc1cccc(NC(=O)C(=O)N/N=C\c2cc(I)c(OCC(=O)Nc3cccc(Cl)c3Cl)c(OC)c2)c1. The number of ether oxygens (including phenoxy) is 3. The van der Waals surface area contributed by atoms with Crippen LogP contribution in [-0.2, 0) is 14.4 Å². The average Bonchev–Trinajstić information content (AvgIpc) is 2.90. The quantitative estimate of drug-likeness (QED) is 0.131. The van der Waals surface area contributed by atoms with Crippen LogP contribution in [0.25, 0.3) is 0 Å². The van der Waals surface area contributed by atoms with Gasteiger partial charge in [0, 0.05) is 11.8 Å². The van der Waals surface area contributed by atoms with Crippen molar-refractivity contribution in [3.63, 3.8) is 0 Å². The van der Waals surface area contributed by atoms with E-state index in [0.29, 0.717) is 42.8 Å². The normalized spacial score (nSPS) is 10.6. The minimum atomic E-state index is -0.962. The summed E-state index contributed by atoms with van der Waals surface area (Å²) >= 11 is 14.1. The number of methoxy groups -OCH3 is 2. The van der Waals surface area contributed by atoms with Crippen molar-refractivity contribution < 1.29 is 28.6 Å². The lowest BCUT2D eigenvalue weighted by Gasteiger charge is -2.14. The number of nitrogens with zero attached hydrogens (tertiary/aromatic N) is 1. The van der Waals surface area contributed by atoms with Crippen molar-refractivity contribution in [2.75, 3.05) is 31.5 Å². The number of nitrogens with one attached hydrogen (secondary N) is 3. The molecule has 0 aliphatic carbocycles. The van der Waals surface area contributed by atoms with Crippen LogP contribution in [0.4, 0.5) is 11.4 Å². The van der Waals surface area contributed by atoms with E-state index in [9.17, 15) is 14.4 Å². The first-order chi connectivity index (χ1) is 18.2. The number of hydrazone groups is 1. The molecule has 3 aromatic rings. The molecule has 10 nitrogen and oxygen atoms in total. The van der Waals surface area contributed by atoms with E-state index >= 15 is 0 Å². The summed E-state index contributed by atoms with van der Waals surface area (Å²) in [5.74, 6) is -1.12. The van der Waals surface area contributed by atoms with Crippen molar-refractivity contribution >= 4 is 81.1 Å². The molecule has 0 fully saturated rings. The zero-order valence-corrected chi connectivity index (χ0v) is 23.7. The number of amides is 3. The van der Waals surface area contributed by atoms with Gasteiger partial charge in [-0.25, -0.2) is 5.43 Å². The number of rotatable bonds is 9. The monoisotopic (exact) mass is 670 g/mol. The second kappa shape index (κ2) is 13.8. The van der Waals surface area contributed by atoms with E-state index in [0.717, 1.165) is 0 Å². The Morgan fingerprint density at radius 2 is 1.74 bits per heavy atom. The Labute approximate surface area is 241 Å². The zero-order valence-electron chi connectivity index (χ0n) is 20.0. The number of halogens is 3. The number of anilines is 2. The van der Waals surface area contributed by atoms with Crippen molar-refractivity contribution in [2.45, 2.75) is 0 Å². The van der Waals surface area contributed by atoms with Gasteiger partial charge in [0.1, 0.15) is 5.75 Å². The Kier molecular flexibility index (Phi) is 10.6. The Morgan fingerprint density at radius 1 is 0.974 bits per heavy atom. The summed E-state index contributed by atoms with van der Waals surface area (Å²) in [5, 5.41) is 9.45. The van der Waals surface area contributed by atoms with Gasteiger partial charge in [0.2, 0.25) is 0 Å². The maximum absolute atomic E-state index is 12.4. The lowest BCUT2D eigenvalue weighted by Crippen LogP contribution is -2.32. The van der Waals surface area contributed by atoms with Crippen molar-refractivity contribution in [2.24, 2.45) is 5.10 Å². The van der Waals surface area contributed by atoms with E-state index in [1.54, 1.807) is 54.6 Å². The highest BCUT2D eigenvalue weighted by Gasteiger charge is 2.16. The second-order valence-electron chi connectivity index (χ2n) is 7.36. The van der Waals surface area contributed by atoms with Gasteiger partial charge in [-0.05, 0) is 64.6 Å². The smallest absolute Gasteiger partial charge is 0.329 e. The van der Waals surface area contributed by atoms with Crippen LogP contribution in [-0.4, -0.2) is 44.8 Å². The van der Waals surface area contributed by atoms with Gasteiger partial charge in [-0.2, -0.15) is 5.10 Å². The molecule has 0 aliphatic heterocycles. The predicted octanol–water partition coefficient (Wildman–Crippen LogP) is 4.72. The van der Waals surface area contributed by atoms with Crippen LogP contribution in [0.5, 0.6) is 17.2 Å². The molecular formula is C25H21Cl2IN4O6. The molecule has 0 radical (unpaired) electrons. The molecule has 0 heterocycles. The Balaban J connectivity index is 1.59. The molecule has 0 aromatic heterocycles. The van der Waals surface area contributed by atoms with E-state index in [1.807, 2.05) is 22.6 Å². The van der Waals surface area contributed by atoms with Crippen molar-refractivity contribution in [3.8, 4) is 17.2 Å². The van der Waals surface area contributed by atoms with Gasteiger partial charge in [-0.3, -0.25) is 14.4 Å². The van der Waals surface area contributed by atoms with Gasteiger partial charge in [-0.1, -0.05) is 35.3 Å². The van der Waals surface area contributed by atoms with E-state index in [-0.39, 0.29) is 11.6 Å². The Bertz CT molecular complexity index is 1390. The molecule has 0 bridgehead atoms. The summed E-state index contributed by atoms with van der Waals surface area (Å²) in [6, 6.07) is 14.7. The maximum Gasteiger partial charge on any atom is 0.329 e. The lowest BCUT2D eigenvalue weighted by atomic mass is 10.2. The third kappa shape index (κ3) is 7.97. The molecule has 0 saturated carbocycles. The number of carbonyl (C=O) groups is 3. The maximum atomic E-state index is 12.4. The number of carbonyl (C=O) groups excluding carboxylic acids is 3. The molecule has 198 valence electrons. The second-order valence-corrected chi connectivity index (χ2v) is 9.30. The molecule has 3 N–H and O–H groups in total. The predicted molar refractivity (Wildman–Crippen MR) is 154 cm³/mol. The Morgan fingerprint density at radius 3 is 2.47 bits per heavy atom. The first kappa shape index (κ1) is 29.0. The summed E-state index contributed by atoms with van der Waals surface area (Å²) in [4.78, 5) is 36.6. The third-order valence-corrected chi connectivity index (χ3v) is 6.36. The molecule has 0 spiro atoms. The summed E-state index contributed by atoms with van der Waals surface area (Å²) in [5.41, 5.74) is 3.46. The van der Waals surface area contributed by atoms with Gasteiger partial charge in [0.15, 0.2) is 18.1 Å². The van der Waals surface area contributed by atoms with Crippen LogP contribution in [0.15, 0.2) is 59.7 Å². The van der Waals surface area contributed by atoms with Crippen LogP contribution in [0, 0.1) is 3.57 Å². The molecular weight excluding hydrogens is 650 g/mol. The minimum absolute atomic E-state index is 0.225. The summed E-state index contributed by atoms with van der Waals surface area (Å²) < 4.78 is 16.7. The van der Waals surface area contributed by atoms with Gasteiger partial charge in [-0.15, -0.1) is 0 Å².